The van der Waals surface area contributed by atoms with Crippen molar-refractivity contribution in [1.82, 2.24) is 4.98 Å². The summed E-state index contributed by atoms with van der Waals surface area (Å²) < 4.78 is 0. The van der Waals surface area contributed by atoms with E-state index in [2.05, 4.69) is 42.5 Å². The van der Waals surface area contributed by atoms with E-state index in [9.17, 15) is 0 Å². The van der Waals surface area contributed by atoms with Gasteiger partial charge in [0.05, 0.1) is 0 Å². The summed E-state index contributed by atoms with van der Waals surface area (Å²) in [5.74, 6) is 2.78. The Kier molecular flexibility index (Phi) is 6.31. The second-order valence-electron chi connectivity index (χ2n) is 4.26. The van der Waals surface area contributed by atoms with E-state index >= 15 is 0 Å². The highest BCUT2D eigenvalue weighted by Crippen LogP contribution is 2.13. The zero-order valence-electron chi connectivity index (χ0n) is 10.5. The molecule has 0 amide bonds. The van der Waals surface area contributed by atoms with E-state index in [1.54, 1.807) is 0 Å². The molecular formula is C13H22N2S. The molecular weight excluding hydrogens is 216 g/mol. The average Bonchev–Trinajstić information content (AvgIpc) is 2.28. The summed E-state index contributed by atoms with van der Waals surface area (Å²) in [6, 6.07) is 4.23. The molecule has 0 aromatic carbocycles. The van der Waals surface area contributed by atoms with Gasteiger partial charge in [-0.05, 0) is 36.3 Å². The molecule has 0 aliphatic heterocycles. The van der Waals surface area contributed by atoms with Crippen molar-refractivity contribution < 1.29 is 0 Å². The highest BCUT2D eigenvalue weighted by atomic mass is 32.2. The largest absolute Gasteiger partial charge is 0.370 e. The van der Waals surface area contributed by atoms with Gasteiger partial charge >= 0.3 is 0 Å². The van der Waals surface area contributed by atoms with Gasteiger partial charge in [-0.2, -0.15) is 11.8 Å². The normalized spacial score (nSPS) is 12.4. The third kappa shape index (κ3) is 4.88. The smallest absolute Gasteiger partial charge is 0.126 e. The lowest BCUT2D eigenvalue weighted by Gasteiger charge is -2.12. The number of thioether (sulfide) groups is 1. The molecule has 1 heterocycles. The number of nitrogens with one attached hydrogen (secondary N) is 1. The number of rotatable bonds is 7. The lowest BCUT2D eigenvalue weighted by Crippen LogP contribution is -2.11. The van der Waals surface area contributed by atoms with Crippen LogP contribution in [0, 0.1) is 5.92 Å². The summed E-state index contributed by atoms with van der Waals surface area (Å²) >= 11 is 1.84. The molecule has 0 radical (unpaired) electrons. The minimum Gasteiger partial charge on any atom is -0.370 e. The van der Waals surface area contributed by atoms with E-state index in [-0.39, 0.29) is 0 Å². The first-order chi connectivity index (χ1) is 7.76. The van der Waals surface area contributed by atoms with Crippen molar-refractivity contribution in [1.29, 1.82) is 0 Å². The summed E-state index contributed by atoms with van der Waals surface area (Å²) in [7, 11) is 0. The lowest BCUT2D eigenvalue weighted by atomic mass is 10.1. The second kappa shape index (κ2) is 7.55. The molecule has 1 rings (SSSR count). The van der Waals surface area contributed by atoms with Crippen molar-refractivity contribution in [2.24, 2.45) is 5.92 Å². The van der Waals surface area contributed by atoms with Crippen molar-refractivity contribution in [3.63, 3.8) is 0 Å². The van der Waals surface area contributed by atoms with E-state index in [4.69, 9.17) is 0 Å². The minimum absolute atomic E-state index is 0.719. The van der Waals surface area contributed by atoms with Crippen LogP contribution in [0.3, 0.4) is 0 Å². The molecule has 2 nitrogen and oxygen atoms in total. The molecule has 0 aliphatic rings. The SMILES string of the molecule is CCCC(C)CNc1cc(CSC)ccn1. The topological polar surface area (TPSA) is 24.9 Å². The molecule has 0 fully saturated rings. The maximum Gasteiger partial charge on any atom is 0.126 e. The summed E-state index contributed by atoms with van der Waals surface area (Å²) in [6.07, 6.45) is 6.54. The molecule has 1 atom stereocenters. The first-order valence-electron chi connectivity index (χ1n) is 5.94. The van der Waals surface area contributed by atoms with Crippen LogP contribution < -0.4 is 5.32 Å². The second-order valence-corrected chi connectivity index (χ2v) is 5.12. The summed E-state index contributed by atoms with van der Waals surface area (Å²) in [6.45, 7) is 5.53. The van der Waals surface area contributed by atoms with Crippen molar-refractivity contribution in [2.45, 2.75) is 32.4 Å². The number of hydrogen-bond acceptors (Lipinski definition) is 3. The Balaban J connectivity index is 2.44. The van der Waals surface area contributed by atoms with Crippen molar-refractivity contribution in [3.05, 3.63) is 23.9 Å². The molecule has 1 aromatic rings. The first-order valence-corrected chi connectivity index (χ1v) is 7.33. The van der Waals surface area contributed by atoms with Gasteiger partial charge in [0.1, 0.15) is 5.82 Å². The standard InChI is InChI=1S/C13H22N2S/c1-4-5-11(2)9-15-13-8-12(10-16-3)6-7-14-13/h6-8,11H,4-5,9-10H2,1-3H3,(H,14,15). The Labute approximate surface area is 103 Å². The van der Waals surface area contributed by atoms with E-state index in [0.717, 1.165) is 24.0 Å². The van der Waals surface area contributed by atoms with Gasteiger partial charge in [-0.1, -0.05) is 20.3 Å². The van der Waals surface area contributed by atoms with E-state index in [1.165, 1.54) is 18.4 Å². The molecule has 3 heteroatoms. The van der Waals surface area contributed by atoms with Gasteiger partial charge in [-0.25, -0.2) is 4.98 Å². The zero-order valence-corrected chi connectivity index (χ0v) is 11.3. The fourth-order valence-corrected chi connectivity index (χ4v) is 2.21. The van der Waals surface area contributed by atoms with Crippen LogP contribution in [0.25, 0.3) is 0 Å². The van der Waals surface area contributed by atoms with Crippen LogP contribution in [0.1, 0.15) is 32.3 Å². The van der Waals surface area contributed by atoms with Crippen molar-refractivity contribution in [3.8, 4) is 0 Å². The van der Waals surface area contributed by atoms with Gasteiger partial charge < -0.3 is 5.32 Å². The maximum atomic E-state index is 4.33. The third-order valence-corrected chi connectivity index (χ3v) is 3.17. The monoisotopic (exact) mass is 238 g/mol. The van der Waals surface area contributed by atoms with Gasteiger partial charge in [0, 0.05) is 18.5 Å². The Bertz CT molecular complexity index is 302. The van der Waals surface area contributed by atoms with Gasteiger partial charge in [0.2, 0.25) is 0 Å². The molecule has 0 bridgehead atoms. The first kappa shape index (κ1) is 13.4. The van der Waals surface area contributed by atoms with Gasteiger partial charge in [-0.3, -0.25) is 0 Å². The van der Waals surface area contributed by atoms with Crippen LogP contribution in [0.15, 0.2) is 18.3 Å². The third-order valence-electron chi connectivity index (χ3n) is 2.55. The minimum atomic E-state index is 0.719. The van der Waals surface area contributed by atoms with E-state index in [0.29, 0.717) is 0 Å². The van der Waals surface area contributed by atoms with E-state index in [1.807, 2.05) is 18.0 Å². The van der Waals surface area contributed by atoms with Crippen LogP contribution in [0.2, 0.25) is 0 Å². The summed E-state index contributed by atoms with van der Waals surface area (Å²) in [5, 5.41) is 3.41. The van der Waals surface area contributed by atoms with Crippen LogP contribution in [-0.2, 0) is 5.75 Å². The van der Waals surface area contributed by atoms with Crippen molar-refractivity contribution in [2.75, 3.05) is 18.1 Å². The number of hydrogen-bond donors (Lipinski definition) is 1. The zero-order chi connectivity index (χ0) is 11.8. The van der Waals surface area contributed by atoms with E-state index < -0.39 is 0 Å². The lowest BCUT2D eigenvalue weighted by molar-refractivity contribution is 0.550. The maximum absolute atomic E-state index is 4.33. The number of anilines is 1. The Hall–Kier alpha value is -0.700. The molecule has 0 saturated heterocycles. The van der Waals surface area contributed by atoms with Gasteiger partial charge in [-0.15, -0.1) is 0 Å². The fraction of sp³-hybridized carbons (Fsp3) is 0.615. The molecule has 0 spiro atoms. The molecule has 0 aliphatic carbocycles. The highest BCUT2D eigenvalue weighted by Gasteiger charge is 2.01. The quantitative estimate of drug-likeness (QED) is 0.782. The highest BCUT2D eigenvalue weighted by molar-refractivity contribution is 7.97. The summed E-state index contributed by atoms with van der Waals surface area (Å²) in [4.78, 5) is 4.33. The Morgan fingerprint density at radius 1 is 1.50 bits per heavy atom. The average molecular weight is 238 g/mol. The van der Waals surface area contributed by atoms with Crippen LogP contribution in [0.4, 0.5) is 5.82 Å². The molecule has 0 saturated carbocycles. The number of pyridine rings is 1. The van der Waals surface area contributed by atoms with Crippen LogP contribution in [0.5, 0.6) is 0 Å². The van der Waals surface area contributed by atoms with Crippen LogP contribution >= 0.6 is 11.8 Å². The van der Waals surface area contributed by atoms with Crippen LogP contribution in [-0.4, -0.2) is 17.8 Å². The number of nitrogens with zero attached hydrogens (tertiary/aromatic N) is 1. The number of aromatic nitrogens is 1. The van der Waals surface area contributed by atoms with Crippen molar-refractivity contribution >= 4 is 17.6 Å². The predicted molar refractivity (Wildman–Crippen MR) is 74.0 cm³/mol. The Morgan fingerprint density at radius 3 is 3.00 bits per heavy atom. The molecule has 90 valence electrons. The molecule has 1 N–H and O–H groups in total. The predicted octanol–water partition coefficient (Wildman–Crippen LogP) is 3.79. The fourth-order valence-electron chi connectivity index (χ4n) is 1.70. The summed E-state index contributed by atoms with van der Waals surface area (Å²) in [5.41, 5.74) is 1.34. The molecule has 16 heavy (non-hydrogen) atoms. The molecule has 1 aromatic heterocycles. The molecule has 1 unspecified atom stereocenters. The Morgan fingerprint density at radius 2 is 2.31 bits per heavy atom. The van der Waals surface area contributed by atoms with Gasteiger partial charge in [0.25, 0.3) is 0 Å². The van der Waals surface area contributed by atoms with Gasteiger partial charge in [0.15, 0.2) is 0 Å².